The Hall–Kier alpha value is -1.60. The zero-order chi connectivity index (χ0) is 16.8. The molecule has 0 fully saturated rings. The lowest BCUT2D eigenvalue weighted by molar-refractivity contribution is -0.120. The van der Waals surface area contributed by atoms with Gasteiger partial charge in [-0.05, 0) is 44.0 Å². The Balaban J connectivity index is 2.60. The zero-order valence-electron chi connectivity index (χ0n) is 13.4. The highest BCUT2D eigenvalue weighted by Crippen LogP contribution is 2.16. The van der Waals surface area contributed by atoms with Crippen molar-refractivity contribution in [2.24, 2.45) is 5.92 Å². The van der Waals surface area contributed by atoms with Gasteiger partial charge in [0.15, 0.2) is 0 Å². The summed E-state index contributed by atoms with van der Waals surface area (Å²) in [6.07, 6.45) is 0.0187. The molecule has 1 amide bonds. The fourth-order valence-electron chi connectivity index (χ4n) is 1.59. The summed E-state index contributed by atoms with van der Waals surface area (Å²) in [6.45, 7) is 7.95. The molecule has 0 radical (unpaired) electrons. The summed E-state index contributed by atoms with van der Waals surface area (Å²) >= 11 is 0. The third kappa shape index (κ3) is 6.44. The van der Waals surface area contributed by atoms with E-state index in [0.717, 1.165) is 0 Å². The average molecular weight is 328 g/mol. The molecule has 0 saturated heterocycles. The molecule has 0 aliphatic rings. The van der Waals surface area contributed by atoms with E-state index >= 15 is 0 Å². The lowest BCUT2D eigenvalue weighted by Crippen LogP contribution is -2.38. The van der Waals surface area contributed by atoms with Crippen LogP contribution in [0.5, 0.6) is 5.75 Å². The topological polar surface area (TPSA) is 84.5 Å². The van der Waals surface area contributed by atoms with Crippen molar-refractivity contribution < 1.29 is 17.9 Å². The van der Waals surface area contributed by atoms with Gasteiger partial charge in [0.25, 0.3) is 0 Å². The van der Waals surface area contributed by atoms with E-state index in [2.05, 4.69) is 10.0 Å². The minimum absolute atomic E-state index is 0.0187. The number of ether oxygens (including phenoxy) is 1. The molecule has 0 atom stereocenters. The summed E-state index contributed by atoms with van der Waals surface area (Å²) in [7, 11) is -3.71. The van der Waals surface area contributed by atoms with Gasteiger partial charge in [-0.1, -0.05) is 13.8 Å². The minimum Gasteiger partial charge on any atom is -0.491 e. The molecule has 2 N–H and O–H groups in total. The molecule has 0 saturated carbocycles. The Morgan fingerprint density at radius 1 is 1.14 bits per heavy atom. The largest absolute Gasteiger partial charge is 0.491 e. The van der Waals surface area contributed by atoms with Crippen molar-refractivity contribution in [2.75, 3.05) is 13.1 Å². The van der Waals surface area contributed by atoms with E-state index < -0.39 is 10.0 Å². The van der Waals surface area contributed by atoms with Gasteiger partial charge in [-0.15, -0.1) is 0 Å². The first kappa shape index (κ1) is 18.4. The molecular weight excluding hydrogens is 304 g/mol. The molecule has 22 heavy (non-hydrogen) atoms. The summed E-state index contributed by atoms with van der Waals surface area (Å²) in [6, 6.07) is 6.08. The van der Waals surface area contributed by atoms with Crippen LogP contribution in [0.25, 0.3) is 0 Å². The Bertz CT molecular complexity index is 580. The van der Waals surface area contributed by atoms with E-state index in [1.54, 1.807) is 12.1 Å². The first-order valence-electron chi connectivity index (χ1n) is 7.24. The number of carbonyl (C=O) groups is 1. The maximum atomic E-state index is 12.1. The fourth-order valence-corrected chi connectivity index (χ4v) is 2.58. The SMILES string of the molecule is CC(C)CNC(=O)CNS(=O)(=O)c1ccc(OC(C)C)cc1. The van der Waals surface area contributed by atoms with Crippen LogP contribution in [0.4, 0.5) is 0 Å². The van der Waals surface area contributed by atoms with Gasteiger partial charge in [-0.3, -0.25) is 4.79 Å². The predicted octanol–water partition coefficient (Wildman–Crippen LogP) is 1.52. The summed E-state index contributed by atoms with van der Waals surface area (Å²) in [5, 5.41) is 2.65. The van der Waals surface area contributed by atoms with Crippen molar-refractivity contribution in [3.63, 3.8) is 0 Å². The first-order valence-corrected chi connectivity index (χ1v) is 8.72. The van der Waals surface area contributed by atoms with Crippen LogP contribution in [0, 0.1) is 5.92 Å². The lowest BCUT2D eigenvalue weighted by Gasteiger charge is -2.11. The molecule has 1 aromatic carbocycles. The fraction of sp³-hybridized carbons (Fsp3) is 0.533. The van der Waals surface area contributed by atoms with Crippen molar-refractivity contribution in [1.82, 2.24) is 10.0 Å². The Morgan fingerprint density at radius 2 is 1.73 bits per heavy atom. The molecule has 0 aliphatic carbocycles. The monoisotopic (exact) mass is 328 g/mol. The van der Waals surface area contributed by atoms with Crippen LogP contribution in [0.2, 0.25) is 0 Å². The van der Waals surface area contributed by atoms with Crippen LogP contribution in [-0.2, 0) is 14.8 Å². The van der Waals surface area contributed by atoms with E-state index in [0.29, 0.717) is 18.2 Å². The first-order chi connectivity index (χ1) is 10.2. The van der Waals surface area contributed by atoms with Crippen LogP contribution >= 0.6 is 0 Å². The Labute approximate surface area is 132 Å². The van der Waals surface area contributed by atoms with Gasteiger partial charge in [0.05, 0.1) is 17.5 Å². The number of hydrogen-bond acceptors (Lipinski definition) is 4. The molecule has 0 unspecified atom stereocenters. The van der Waals surface area contributed by atoms with Crippen LogP contribution in [0.1, 0.15) is 27.7 Å². The molecular formula is C15H24N2O4S. The molecule has 0 aliphatic heterocycles. The second-order valence-electron chi connectivity index (χ2n) is 5.66. The zero-order valence-corrected chi connectivity index (χ0v) is 14.2. The van der Waals surface area contributed by atoms with Crippen LogP contribution < -0.4 is 14.8 Å². The molecule has 1 rings (SSSR count). The Morgan fingerprint density at radius 3 is 2.23 bits per heavy atom. The van der Waals surface area contributed by atoms with E-state index in [1.807, 2.05) is 27.7 Å². The maximum absolute atomic E-state index is 12.1. The van der Waals surface area contributed by atoms with E-state index in [4.69, 9.17) is 4.74 Å². The smallest absolute Gasteiger partial charge is 0.241 e. The summed E-state index contributed by atoms with van der Waals surface area (Å²) in [5.74, 6) is 0.565. The van der Waals surface area contributed by atoms with Gasteiger partial charge >= 0.3 is 0 Å². The van der Waals surface area contributed by atoms with Gasteiger partial charge < -0.3 is 10.1 Å². The number of sulfonamides is 1. The molecule has 1 aromatic rings. The third-order valence-electron chi connectivity index (χ3n) is 2.64. The van der Waals surface area contributed by atoms with Crippen molar-refractivity contribution in [3.8, 4) is 5.75 Å². The molecule has 0 bridgehead atoms. The summed E-state index contributed by atoms with van der Waals surface area (Å²) in [5.41, 5.74) is 0. The molecule has 0 spiro atoms. The number of benzene rings is 1. The second-order valence-corrected chi connectivity index (χ2v) is 7.43. The highest BCUT2D eigenvalue weighted by atomic mass is 32.2. The average Bonchev–Trinajstić information content (AvgIpc) is 2.43. The predicted molar refractivity (Wildman–Crippen MR) is 85.2 cm³/mol. The molecule has 0 aromatic heterocycles. The van der Waals surface area contributed by atoms with Gasteiger partial charge in [0.2, 0.25) is 15.9 Å². The van der Waals surface area contributed by atoms with Gasteiger partial charge in [0.1, 0.15) is 5.75 Å². The molecule has 0 heterocycles. The Kier molecular flexibility index (Phi) is 6.83. The lowest BCUT2D eigenvalue weighted by atomic mass is 10.2. The summed E-state index contributed by atoms with van der Waals surface area (Å²) < 4.78 is 31.9. The van der Waals surface area contributed by atoms with E-state index in [1.165, 1.54) is 12.1 Å². The van der Waals surface area contributed by atoms with Gasteiger partial charge in [-0.25, -0.2) is 13.1 Å². The maximum Gasteiger partial charge on any atom is 0.241 e. The quantitative estimate of drug-likeness (QED) is 0.758. The standard InChI is InChI=1S/C15H24N2O4S/c1-11(2)9-16-15(18)10-17-22(19,20)14-7-5-13(6-8-14)21-12(3)4/h5-8,11-12,17H,9-10H2,1-4H3,(H,16,18). The molecule has 6 nitrogen and oxygen atoms in total. The highest BCUT2D eigenvalue weighted by molar-refractivity contribution is 7.89. The number of nitrogens with one attached hydrogen (secondary N) is 2. The van der Waals surface area contributed by atoms with Gasteiger partial charge in [-0.2, -0.15) is 0 Å². The molecule has 7 heteroatoms. The normalized spacial score (nSPS) is 11.7. The van der Waals surface area contributed by atoms with Crippen molar-refractivity contribution in [2.45, 2.75) is 38.7 Å². The van der Waals surface area contributed by atoms with E-state index in [9.17, 15) is 13.2 Å². The van der Waals surface area contributed by atoms with Crippen molar-refractivity contribution in [1.29, 1.82) is 0 Å². The minimum atomic E-state index is -3.71. The van der Waals surface area contributed by atoms with Crippen LogP contribution in [0.15, 0.2) is 29.2 Å². The van der Waals surface area contributed by atoms with Gasteiger partial charge in [0, 0.05) is 6.54 Å². The number of hydrogen-bond donors (Lipinski definition) is 2. The third-order valence-corrected chi connectivity index (χ3v) is 4.05. The number of carbonyl (C=O) groups excluding carboxylic acids is 1. The summed E-state index contributed by atoms with van der Waals surface area (Å²) in [4.78, 5) is 11.6. The van der Waals surface area contributed by atoms with Crippen LogP contribution in [-0.4, -0.2) is 33.5 Å². The second kappa shape index (κ2) is 8.14. The molecule has 124 valence electrons. The van der Waals surface area contributed by atoms with Crippen molar-refractivity contribution in [3.05, 3.63) is 24.3 Å². The van der Waals surface area contributed by atoms with Crippen molar-refractivity contribution >= 4 is 15.9 Å². The highest BCUT2D eigenvalue weighted by Gasteiger charge is 2.15. The van der Waals surface area contributed by atoms with E-state index in [-0.39, 0.29) is 23.5 Å². The van der Waals surface area contributed by atoms with Crippen LogP contribution in [0.3, 0.4) is 0 Å². The number of amides is 1. The number of rotatable bonds is 8.